The molecule has 3 aromatic carbocycles. The van der Waals surface area contributed by atoms with Crippen LogP contribution < -0.4 is 30.9 Å². The number of amides is 6. The fourth-order valence-electron chi connectivity index (χ4n) is 11.8. The molecule has 4 unspecified atom stereocenters. The number of fused-ring (bicyclic) bond motifs is 6. The molecule has 5 fully saturated rings. The maximum atomic E-state index is 17.2. The summed E-state index contributed by atoms with van der Waals surface area (Å²) in [4.78, 5) is 96.1. The monoisotopic (exact) mass is 1010 g/mol. The molecule has 4 N–H and O–H groups in total. The van der Waals surface area contributed by atoms with Crippen molar-refractivity contribution < 1.29 is 47.0 Å². The molecule has 0 spiro atoms. The zero-order valence-electron chi connectivity index (χ0n) is 40.3. The third-order valence-electron chi connectivity index (χ3n) is 15.2. The van der Waals surface area contributed by atoms with Crippen LogP contribution in [0.15, 0.2) is 66.9 Å². The highest BCUT2D eigenvalue weighted by atomic mass is 19.1. The molecule has 8 heterocycles. The largest absolute Gasteiger partial charge is 0.461 e. The smallest absolute Gasteiger partial charge is 0.407 e. The lowest BCUT2D eigenvalue weighted by atomic mass is 9.94. The van der Waals surface area contributed by atoms with E-state index >= 15 is 8.78 Å². The van der Waals surface area contributed by atoms with Crippen LogP contribution in [0.25, 0.3) is 32.9 Å². The number of benzene rings is 3. The summed E-state index contributed by atoms with van der Waals surface area (Å²) in [5.74, 6) is -1.36. The molecule has 6 aliphatic heterocycles. The van der Waals surface area contributed by atoms with Gasteiger partial charge in [0.2, 0.25) is 17.7 Å². The van der Waals surface area contributed by atoms with Crippen LogP contribution >= 0.6 is 0 Å². The fraction of sp³-hybridized carbons (Fsp3) is 0.389. The number of anilines is 2. The SMILES string of the molecule is C#Cc1c(F)ccc2cccc(-c3ncc4c(N5CC6CCC(C5)N6)nc(OC[C@@]56CCC(COC(=O)NCCCCC(=O)Nc7cccc8c7C(=O)N(C7CCC(=O)NC7=O)C8=O)N5CC(=C)C6)nc4c3F)c12. The number of alkyl carbamates (subject to hydrolysis) is 1. The first-order valence-electron chi connectivity index (χ1n) is 25.0. The van der Waals surface area contributed by atoms with Crippen LogP contribution in [-0.2, 0) is 19.1 Å². The molecule has 5 saturated heterocycles. The van der Waals surface area contributed by atoms with Crippen molar-refractivity contribution in [1.82, 2.24) is 40.7 Å². The van der Waals surface area contributed by atoms with Gasteiger partial charge in [0, 0.05) is 74.3 Å². The van der Waals surface area contributed by atoms with Crippen molar-refractivity contribution in [2.45, 2.75) is 93.9 Å². The molecule has 18 nitrogen and oxygen atoms in total. The summed E-state index contributed by atoms with van der Waals surface area (Å²) in [6.45, 7) is 6.68. The number of terminal acetylenes is 1. The van der Waals surface area contributed by atoms with E-state index in [0.717, 1.165) is 23.3 Å². The number of piperidine rings is 1. The zero-order valence-corrected chi connectivity index (χ0v) is 40.3. The molecule has 6 amide bonds. The van der Waals surface area contributed by atoms with E-state index in [9.17, 15) is 28.8 Å². The molecule has 6 aliphatic rings. The summed E-state index contributed by atoms with van der Waals surface area (Å²) in [5, 5.41) is 12.7. The number of nitrogens with zero attached hydrogens (tertiary/aromatic N) is 6. The highest BCUT2D eigenvalue weighted by Gasteiger charge is 2.52. The van der Waals surface area contributed by atoms with E-state index < -0.39 is 58.8 Å². The van der Waals surface area contributed by atoms with E-state index in [-0.39, 0.29) is 96.7 Å². The van der Waals surface area contributed by atoms with Crippen molar-refractivity contribution in [3.8, 4) is 29.6 Å². The number of pyridine rings is 1. The van der Waals surface area contributed by atoms with E-state index in [4.69, 9.17) is 25.9 Å². The summed E-state index contributed by atoms with van der Waals surface area (Å²) < 4.78 is 44.4. The third kappa shape index (κ3) is 8.82. The summed E-state index contributed by atoms with van der Waals surface area (Å²) in [6, 6.07) is 11.8. The molecule has 380 valence electrons. The molecule has 0 saturated carbocycles. The summed E-state index contributed by atoms with van der Waals surface area (Å²) in [6.07, 6.45) is 11.7. The van der Waals surface area contributed by atoms with Gasteiger partial charge in [0.05, 0.1) is 33.3 Å². The Morgan fingerprint density at radius 2 is 1.76 bits per heavy atom. The van der Waals surface area contributed by atoms with Crippen LogP contribution in [0.3, 0.4) is 0 Å². The Balaban J connectivity index is 0.714. The van der Waals surface area contributed by atoms with Crippen molar-refractivity contribution >= 4 is 68.8 Å². The minimum Gasteiger partial charge on any atom is -0.461 e. The Morgan fingerprint density at radius 1 is 0.959 bits per heavy atom. The van der Waals surface area contributed by atoms with E-state index in [2.05, 4.69) is 48.6 Å². The zero-order chi connectivity index (χ0) is 51.4. The highest BCUT2D eigenvalue weighted by Crippen LogP contribution is 2.45. The molecule has 2 aromatic heterocycles. The Hall–Kier alpha value is -7.89. The second kappa shape index (κ2) is 19.5. The Labute approximate surface area is 423 Å². The van der Waals surface area contributed by atoms with Crippen LogP contribution in [0.5, 0.6) is 6.01 Å². The van der Waals surface area contributed by atoms with Crippen molar-refractivity contribution in [3.63, 3.8) is 0 Å². The van der Waals surface area contributed by atoms with Crippen molar-refractivity contribution in [2.24, 2.45) is 0 Å². The van der Waals surface area contributed by atoms with E-state index in [1.165, 1.54) is 24.3 Å². The van der Waals surface area contributed by atoms with Gasteiger partial charge in [-0.15, -0.1) is 6.42 Å². The number of nitrogens with one attached hydrogen (secondary N) is 4. The van der Waals surface area contributed by atoms with Crippen LogP contribution in [-0.4, -0.2) is 129 Å². The van der Waals surface area contributed by atoms with Crippen LogP contribution in [0.2, 0.25) is 0 Å². The van der Waals surface area contributed by atoms with E-state index in [0.29, 0.717) is 79.3 Å². The number of imide groups is 2. The molecule has 74 heavy (non-hydrogen) atoms. The first kappa shape index (κ1) is 48.4. The second-order valence-corrected chi connectivity index (χ2v) is 20.0. The minimum atomic E-state index is -1.13. The van der Waals surface area contributed by atoms with Gasteiger partial charge in [-0.3, -0.25) is 44.1 Å². The van der Waals surface area contributed by atoms with Gasteiger partial charge in [-0.2, -0.15) is 9.97 Å². The number of rotatable bonds is 14. The highest BCUT2D eigenvalue weighted by molar-refractivity contribution is 6.26. The van der Waals surface area contributed by atoms with Gasteiger partial charge in [0.1, 0.15) is 42.1 Å². The van der Waals surface area contributed by atoms with Gasteiger partial charge in [0.15, 0.2) is 5.82 Å². The number of halogens is 2. The molecule has 5 aromatic rings. The number of piperazine rings is 1. The van der Waals surface area contributed by atoms with Crippen LogP contribution in [0.4, 0.5) is 25.1 Å². The topological polar surface area (TPSA) is 217 Å². The predicted octanol–water partition coefficient (Wildman–Crippen LogP) is 5.52. The van der Waals surface area contributed by atoms with Gasteiger partial charge >= 0.3 is 12.1 Å². The minimum absolute atomic E-state index is 0.000334. The predicted molar refractivity (Wildman–Crippen MR) is 267 cm³/mol. The molecule has 11 rings (SSSR count). The third-order valence-corrected chi connectivity index (χ3v) is 15.2. The second-order valence-electron chi connectivity index (χ2n) is 20.0. The van der Waals surface area contributed by atoms with Crippen LogP contribution in [0.1, 0.15) is 90.5 Å². The fourth-order valence-corrected chi connectivity index (χ4v) is 11.8. The normalized spacial score (nSPS) is 23.3. The molecular weight excluding hydrogens is 955 g/mol. The maximum Gasteiger partial charge on any atom is 0.407 e. The van der Waals surface area contributed by atoms with Gasteiger partial charge in [-0.25, -0.2) is 13.6 Å². The first-order chi connectivity index (χ1) is 35.8. The average Bonchev–Trinajstić information content (AvgIpc) is 4.10. The van der Waals surface area contributed by atoms with E-state index in [1.54, 1.807) is 30.5 Å². The molecule has 0 aliphatic carbocycles. The number of carbonyl (C=O) groups excluding carboxylic acids is 6. The van der Waals surface area contributed by atoms with Crippen LogP contribution in [0, 0.1) is 24.0 Å². The number of aromatic nitrogens is 3. The van der Waals surface area contributed by atoms with Gasteiger partial charge in [-0.05, 0) is 75.0 Å². The Bertz CT molecular complexity index is 3260. The Kier molecular flexibility index (Phi) is 12.8. The molecule has 20 heteroatoms. The molecule has 2 bridgehead atoms. The molecule has 5 atom stereocenters. The standard InChI is InChI=1S/C54H52F2N10O8/c1-3-34-38(55)16-13-30-8-6-9-35(43(30)34)46-45(56)47-37(23-58-46)48(64-25-31-14-15-32(26-64)59-31)63-52(62-47)74-28-54-20-19-33(65(54)24-29(2)22-54)27-73-53(72)57-21-5-4-12-41(67)60-39-11-7-10-36-44(39)51(71)66(50(36)70)40-17-18-42(68)61-49(40)69/h1,6-11,13,16,23,31-33,40,59H,2,4-5,12,14-15,17-22,24-28H2,(H,57,72)(H,60,67)(H,61,68,69)/t31?,32?,33?,40?,54-/m0/s1. The van der Waals surface area contributed by atoms with Crippen molar-refractivity contribution in [2.75, 3.05) is 49.6 Å². The van der Waals surface area contributed by atoms with Gasteiger partial charge in [-0.1, -0.05) is 48.4 Å². The summed E-state index contributed by atoms with van der Waals surface area (Å²) in [5.41, 5.74) is 1.00. The number of carbonyl (C=O) groups is 6. The number of hydrogen-bond donors (Lipinski definition) is 4. The lowest BCUT2D eigenvalue weighted by molar-refractivity contribution is -0.136. The summed E-state index contributed by atoms with van der Waals surface area (Å²) >= 11 is 0. The Morgan fingerprint density at radius 3 is 2.55 bits per heavy atom. The molecular formula is C54H52F2N10O8. The van der Waals surface area contributed by atoms with Gasteiger partial charge in [0.25, 0.3) is 11.8 Å². The maximum absolute atomic E-state index is 17.2. The number of ether oxygens (including phenoxy) is 2. The van der Waals surface area contributed by atoms with Crippen molar-refractivity contribution in [1.29, 1.82) is 0 Å². The lowest BCUT2D eigenvalue weighted by Crippen LogP contribution is -2.54. The first-order valence-corrected chi connectivity index (χ1v) is 25.0. The van der Waals surface area contributed by atoms with Crippen molar-refractivity contribution in [3.05, 3.63) is 95.2 Å². The van der Waals surface area contributed by atoms with Gasteiger partial charge < -0.3 is 30.3 Å². The number of hydrogen-bond acceptors (Lipinski definition) is 14. The lowest BCUT2D eigenvalue weighted by Gasteiger charge is -2.35. The average molecular weight is 1010 g/mol. The molecule has 0 radical (unpaired) electrons. The quantitative estimate of drug-likeness (QED) is 0.0466. The van der Waals surface area contributed by atoms with E-state index in [1.807, 2.05) is 0 Å². The summed E-state index contributed by atoms with van der Waals surface area (Å²) in [7, 11) is 0. The number of unbranched alkanes of at least 4 members (excludes halogenated alkanes) is 1.